The molecule has 152 valence electrons. The van der Waals surface area contributed by atoms with Crippen molar-refractivity contribution in [2.75, 3.05) is 39.3 Å². The van der Waals surface area contributed by atoms with Gasteiger partial charge in [-0.15, -0.1) is 0 Å². The number of phenolic OH excluding ortho intramolecular Hbond substituents is 1. The predicted octanol–water partition coefficient (Wildman–Crippen LogP) is 1.82. The van der Waals surface area contributed by atoms with Crippen molar-refractivity contribution in [1.29, 1.82) is 0 Å². The molecule has 7 heteroatoms. The van der Waals surface area contributed by atoms with Crippen LogP contribution < -0.4 is 4.74 Å². The van der Waals surface area contributed by atoms with Crippen LogP contribution in [0.3, 0.4) is 0 Å². The van der Waals surface area contributed by atoms with Crippen LogP contribution in [0.4, 0.5) is 0 Å². The number of ether oxygens (including phenoxy) is 1. The Bertz CT molecular complexity index is 935. The SMILES string of the molecule is Cc1cc(O)c(CN2CCN(CCO)CC2)c2c1C(=O)/C(=C/c1cccnc1)O2. The van der Waals surface area contributed by atoms with Crippen LogP contribution >= 0.6 is 0 Å². The van der Waals surface area contributed by atoms with Crippen LogP contribution in [0.1, 0.15) is 27.0 Å². The number of hydrogen-bond donors (Lipinski definition) is 2. The Morgan fingerprint density at radius 2 is 2.00 bits per heavy atom. The van der Waals surface area contributed by atoms with Crippen molar-refractivity contribution in [2.24, 2.45) is 0 Å². The number of ketones is 1. The molecule has 29 heavy (non-hydrogen) atoms. The number of aromatic nitrogens is 1. The van der Waals surface area contributed by atoms with Crippen molar-refractivity contribution in [2.45, 2.75) is 13.5 Å². The highest BCUT2D eigenvalue weighted by Gasteiger charge is 2.34. The van der Waals surface area contributed by atoms with Gasteiger partial charge >= 0.3 is 0 Å². The molecule has 1 saturated heterocycles. The summed E-state index contributed by atoms with van der Waals surface area (Å²) in [5.41, 5.74) is 2.65. The number of aromatic hydroxyl groups is 1. The first kappa shape index (κ1) is 19.6. The van der Waals surface area contributed by atoms with Crippen LogP contribution in [-0.2, 0) is 6.54 Å². The Hall–Kier alpha value is -2.74. The van der Waals surface area contributed by atoms with Crippen molar-refractivity contribution < 1.29 is 19.7 Å². The lowest BCUT2D eigenvalue weighted by Gasteiger charge is -2.34. The molecule has 2 aromatic rings. The maximum Gasteiger partial charge on any atom is 0.232 e. The Morgan fingerprint density at radius 1 is 1.24 bits per heavy atom. The standard InChI is InChI=1S/C22H25N3O4/c1-15-11-18(27)17(14-25-7-5-24(6-8-25)9-10-26)22-20(15)21(28)19(29-22)12-16-3-2-4-23-13-16/h2-4,11-13,26-27H,5-10,14H2,1H3/b19-12-. The number of benzene rings is 1. The zero-order valence-electron chi connectivity index (χ0n) is 16.5. The van der Waals surface area contributed by atoms with Gasteiger partial charge in [-0.3, -0.25) is 19.6 Å². The van der Waals surface area contributed by atoms with Crippen molar-refractivity contribution in [3.05, 3.63) is 58.6 Å². The molecule has 0 radical (unpaired) electrons. The van der Waals surface area contributed by atoms with Crippen molar-refractivity contribution in [3.8, 4) is 11.5 Å². The summed E-state index contributed by atoms with van der Waals surface area (Å²) in [5, 5.41) is 19.7. The third-order valence-electron chi connectivity index (χ3n) is 5.47. The molecule has 1 aromatic carbocycles. The van der Waals surface area contributed by atoms with Gasteiger partial charge in [0.15, 0.2) is 5.76 Å². The normalized spacial score (nSPS) is 18.8. The fourth-order valence-electron chi connectivity index (χ4n) is 3.88. The Balaban J connectivity index is 1.59. The summed E-state index contributed by atoms with van der Waals surface area (Å²) in [6.07, 6.45) is 5.03. The third-order valence-corrected chi connectivity index (χ3v) is 5.47. The zero-order chi connectivity index (χ0) is 20.4. The van der Waals surface area contributed by atoms with Crippen LogP contribution in [-0.4, -0.2) is 70.1 Å². The Kier molecular flexibility index (Phi) is 5.62. The molecule has 1 fully saturated rings. The third kappa shape index (κ3) is 4.03. The first-order valence-corrected chi connectivity index (χ1v) is 9.82. The van der Waals surface area contributed by atoms with E-state index in [1.807, 2.05) is 13.0 Å². The highest BCUT2D eigenvalue weighted by Crippen LogP contribution is 2.42. The van der Waals surface area contributed by atoms with Gasteiger partial charge in [0.25, 0.3) is 0 Å². The van der Waals surface area contributed by atoms with Gasteiger partial charge in [0.2, 0.25) is 5.78 Å². The maximum absolute atomic E-state index is 13.0. The zero-order valence-corrected chi connectivity index (χ0v) is 16.5. The van der Waals surface area contributed by atoms with Crippen LogP contribution in [0.5, 0.6) is 11.5 Å². The summed E-state index contributed by atoms with van der Waals surface area (Å²) < 4.78 is 5.97. The number of β-amino-alcohol motifs (C(OH)–C–C–N with tert-alkyl or cyclic N) is 1. The molecular formula is C22H25N3O4. The van der Waals surface area contributed by atoms with E-state index in [0.717, 1.165) is 31.7 Å². The molecule has 0 aliphatic carbocycles. The number of phenols is 1. The number of aliphatic hydroxyl groups is 1. The first-order valence-electron chi connectivity index (χ1n) is 9.82. The Labute approximate surface area is 169 Å². The summed E-state index contributed by atoms with van der Waals surface area (Å²) in [4.78, 5) is 21.5. The fourth-order valence-corrected chi connectivity index (χ4v) is 3.88. The molecule has 1 aromatic heterocycles. The summed E-state index contributed by atoms with van der Waals surface area (Å²) in [5.74, 6) is 0.681. The minimum atomic E-state index is -0.171. The minimum Gasteiger partial charge on any atom is -0.507 e. The molecule has 0 amide bonds. The molecule has 3 heterocycles. The van der Waals surface area contributed by atoms with Crippen molar-refractivity contribution >= 4 is 11.9 Å². The van der Waals surface area contributed by atoms with E-state index in [9.17, 15) is 9.90 Å². The number of hydrogen-bond acceptors (Lipinski definition) is 7. The monoisotopic (exact) mass is 395 g/mol. The van der Waals surface area contributed by atoms with Crippen LogP contribution in [0.25, 0.3) is 6.08 Å². The number of carbonyl (C=O) groups excluding carboxylic acids is 1. The van der Waals surface area contributed by atoms with E-state index in [0.29, 0.717) is 35.5 Å². The van der Waals surface area contributed by atoms with E-state index < -0.39 is 0 Å². The van der Waals surface area contributed by atoms with E-state index in [1.165, 1.54) is 0 Å². The number of rotatable bonds is 5. The maximum atomic E-state index is 13.0. The summed E-state index contributed by atoms with van der Waals surface area (Å²) in [7, 11) is 0. The first-order chi connectivity index (χ1) is 14.1. The highest BCUT2D eigenvalue weighted by atomic mass is 16.5. The molecule has 4 rings (SSSR count). The van der Waals surface area contributed by atoms with E-state index in [4.69, 9.17) is 9.84 Å². The van der Waals surface area contributed by atoms with Gasteiger partial charge in [-0.05, 0) is 36.3 Å². The quantitative estimate of drug-likeness (QED) is 0.747. The molecule has 0 unspecified atom stereocenters. The number of carbonyl (C=O) groups is 1. The average Bonchev–Trinajstić information content (AvgIpc) is 3.04. The van der Waals surface area contributed by atoms with Crippen molar-refractivity contribution in [3.63, 3.8) is 0 Å². The smallest absolute Gasteiger partial charge is 0.232 e. The van der Waals surface area contributed by atoms with Gasteiger partial charge in [-0.1, -0.05) is 6.07 Å². The number of aryl methyl sites for hydroxylation is 1. The number of piperazine rings is 1. The van der Waals surface area contributed by atoms with Gasteiger partial charge in [0, 0.05) is 51.7 Å². The van der Waals surface area contributed by atoms with E-state index in [2.05, 4.69) is 14.8 Å². The van der Waals surface area contributed by atoms with Gasteiger partial charge in [0.05, 0.1) is 17.7 Å². The van der Waals surface area contributed by atoms with Crippen molar-refractivity contribution in [1.82, 2.24) is 14.8 Å². The molecule has 2 aliphatic rings. The summed E-state index contributed by atoms with van der Waals surface area (Å²) in [6.45, 7) is 6.54. The largest absolute Gasteiger partial charge is 0.507 e. The minimum absolute atomic E-state index is 0.148. The average molecular weight is 395 g/mol. The second kappa shape index (κ2) is 8.32. The number of pyridine rings is 1. The fraction of sp³-hybridized carbons (Fsp3) is 0.364. The number of nitrogens with zero attached hydrogens (tertiary/aromatic N) is 3. The van der Waals surface area contributed by atoms with Gasteiger partial charge in [0.1, 0.15) is 11.5 Å². The van der Waals surface area contributed by atoms with Gasteiger partial charge in [-0.25, -0.2) is 0 Å². The van der Waals surface area contributed by atoms with Gasteiger partial charge in [-0.2, -0.15) is 0 Å². The Morgan fingerprint density at radius 3 is 2.69 bits per heavy atom. The second-order valence-electron chi connectivity index (χ2n) is 7.46. The summed E-state index contributed by atoms with van der Waals surface area (Å²) in [6, 6.07) is 5.30. The number of fused-ring (bicyclic) bond motifs is 1. The van der Waals surface area contributed by atoms with E-state index in [1.54, 1.807) is 30.6 Å². The number of aliphatic hydroxyl groups excluding tert-OH is 1. The topological polar surface area (TPSA) is 86.1 Å². The van der Waals surface area contributed by atoms with E-state index >= 15 is 0 Å². The molecule has 2 N–H and O–H groups in total. The lowest BCUT2D eigenvalue weighted by molar-refractivity contribution is 0.101. The number of Topliss-reactive ketones (excluding diaryl/α,β-unsaturated/α-hetero) is 1. The number of allylic oxidation sites excluding steroid dienone is 1. The van der Waals surface area contributed by atoms with Crippen LogP contribution in [0.2, 0.25) is 0 Å². The molecule has 0 bridgehead atoms. The van der Waals surface area contributed by atoms with Gasteiger partial charge < -0.3 is 14.9 Å². The predicted molar refractivity (Wildman–Crippen MR) is 109 cm³/mol. The molecular weight excluding hydrogens is 370 g/mol. The van der Waals surface area contributed by atoms with Crippen LogP contribution in [0, 0.1) is 6.92 Å². The van der Waals surface area contributed by atoms with E-state index in [-0.39, 0.29) is 23.9 Å². The lowest BCUT2D eigenvalue weighted by atomic mass is 9.99. The molecule has 7 nitrogen and oxygen atoms in total. The highest BCUT2D eigenvalue weighted by molar-refractivity contribution is 6.15. The molecule has 2 aliphatic heterocycles. The molecule has 0 spiro atoms. The molecule has 0 atom stereocenters. The summed E-state index contributed by atoms with van der Waals surface area (Å²) >= 11 is 0. The molecule has 0 saturated carbocycles. The lowest BCUT2D eigenvalue weighted by Crippen LogP contribution is -2.46. The second-order valence-corrected chi connectivity index (χ2v) is 7.46. The van der Waals surface area contributed by atoms with Crippen LogP contribution in [0.15, 0.2) is 36.4 Å².